The summed E-state index contributed by atoms with van der Waals surface area (Å²) in [5, 5.41) is 2.76. The Bertz CT molecular complexity index is 1120. The van der Waals surface area contributed by atoms with E-state index >= 15 is 0 Å². The molecular weight excluding hydrogens is 398 g/mol. The van der Waals surface area contributed by atoms with E-state index in [1.165, 1.54) is 24.3 Å². The standard InChI is InChI=1S/C21H18F2N2O3S/c1-14(15-6-8-16(22)9-7-15)24-21(26)19-4-2-3-5-20(19)25-29(27,28)18-12-10-17(23)11-13-18/h2-14,25H,1H3,(H,24,26). The monoisotopic (exact) mass is 416 g/mol. The van der Waals surface area contributed by atoms with Crippen molar-refractivity contribution in [2.45, 2.75) is 17.9 Å². The fraction of sp³-hybridized carbons (Fsp3) is 0.0952. The van der Waals surface area contributed by atoms with Gasteiger partial charge in [0.25, 0.3) is 15.9 Å². The van der Waals surface area contributed by atoms with Gasteiger partial charge in [-0.3, -0.25) is 9.52 Å². The van der Waals surface area contributed by atoms with Crippen LogP contribution in [0, 0.1) is 11.6 Å². The number of benzene rings is 3. The Balaban J connectivity index is 1.81. The lowest BCUT2D eigenvalue weighted by Crippen LogP contribution is -2.28. The number of carbonyl (C=O) groups excluding carboxylic acids is 1. The molecule has 5 nitrogen and oxygen atoms in total. The van der Waals surface area contributed by atoms with Crippen LogP contribution in [-0.4, -0.2) is 14.3 Å². The predicted molar refractivity (Wildman–Crippen MR) is 106 cm³/mol. The largest absolute Gasteiger partial charge is 0.345 e. The second-order valence-electron chi connectivity index (χ2n) is 6.35. The number of para-hydroxylation sites is 1. The Morgan fingerprint density at radius 2 is 1.41 bits per heavy atom. The van der Waals surface area contributed by atoms with Crippen molar-refractivity contribution in [3.8, 4) is 0 Å². The van der Waals surface area contributed by atoms with Crippen LogP contribution in [-0.2, 0) is 10.0 Å². The summed E-state index contributed by atoms with van der Waals surface area (Å²) in [5.74, 6) is -1.44. The maximum absolute atomic E-state index is 13.1. The molecule has 0 aliphatic rings. The number of nitrogens with one attached hydrogen (secondary N) is 2. The van der Waals surface area contributed by atoms with Crippen molar-refractivity contribution in [2.75, 3.05) is 4.72 Å². The van der Waals surface area contributed by atoms with Crippen molar-refractivity contribution in [1.82, 2.24) is 5.32 Å². The molecule has 1 atom stereocenters. The van der Waals surface area contributed by atoms with Crippen LogP contribution in [0.3, 0.4) is 0 Å². The van der Waals surface area contributed by atoms with E-state index in [0.717, 1.165) is 24.3 Å². The minimum Gasteiger partial charge on any atom is -0.345 e. The van der Waals surface area contributed by atoms with E-state index in [-0.39, 0.29) is 22.0 Å². The van der Waals surface area contributed by atoms with E-state index in [2.05, 4.69) is 10.0 Å². The van der Waals surface area contributed by atoms with Gasteiger partial charge in [-0.1, -0.05) is 24.3 Å². The Morgan fingerprint density at radius 1 is 0.862 bits per heavy atom. The molecule has 0 saturated carbocycles. The van der Waals surface area contributed by atoms with E-state index < -0.39 is 27.8 Å². The first kappa shape index (κ1) is 20.5. The average Bonchev–Trinajstić information content (AvgIpc) is 2.69. The molecule has 0 aliphatic heterocycles. The lowest BCUT2D eigenvalue weighted by molar-refractivity contribution is 0.0941. The Labute approximate surface area is 167 Å². The van der Waals surface area contributed by atoms with Crippen LogP contribution in [0.5, 0.6) is 0 Å². The smallest absolute Gasteiger partial charge is 0.261 e. The fourth-order valence-corrected chi connectivity index (χ4v) is 3.78. The summed E-state index contributed by atoms with van der Waals surface area (Å²) < 4.78 is 53.6. The van der Waals surface area contributed by atoms with Gasteiger partial charge in [-0.15, -0.1) is 0 Å². The molecule has 29 heavy (non-hydrogen) atoms. The first-order chi connectivity index (χ1) is 13.8. The van der Waals surface area contributed by atoms with Crippen molar-refractivity contribution >= 4 is 21.6 Å². The molecule has 2 N–H and O–H groups in total. The third-order valence-corrected chi connectivity index (χ3v) is 5.64. The molecule has 3 aromatic carbocycles. The maximum atomic E-state index is 13.1. The molecular formula is C21H18F2N2O3S. The molecule has 1 unspecified atom stereocenters. The van der Waals surface area contributed by atoms with Gasteiger partial charge in [0.05, 0.1) is 22.2 Å². The summed E-state index contributed by atoms with van der Waals surface area (Å²) in [6.45, 7) is 1.73. The molecule has 0 fully saturated rings. The van der Waals surface area contributed by atoms with Crippen molar-refractivity contribution < 1.29 is 22.0 Å². The van der Waals surface area contributed by atoms with E-state index in [1.807, 2.05) is 0 Å². The summed E-state index contributed by atoms with van der Waals surface area (Å²) in [6.07, 6.45) is 0. The van der Waals surface area contributed by atoms with Crippen LogP contribution in [0.4, 0.5) is 14.5 Å². The Hall–Kier alpha value is -3.26. The van der Waals surface area contributed by atoms with Gasteiger partial charge >= 0.3 is 0 Å². The van der Waals surface area contributed by atoms with E-state index in [0.29, 0.717) is 5.56 Å². The zero-order chi connectivity index (χ0) is 21.0. The molecule has 0 aromatic heterocycles. The molecule has 0 aliphatic carbocycles. The van der Waals surface area contributed by atoms with Crippen LogP contribution in [0.1, 0.15) is 28.9 Å². The number of sulfonamides is 1. The van der Waals surface area contributed by atoms with Gasteiger partial charge in [0, 0.05) is 0 Å². The second kappa shape index (κ2) is 8.40. The Kier molecular flexibility index (Phi) is 5.93. The van der Waals surface area contributed by atoms with Crippen LogP contribution in [0.2, 0.25) is 0 Å². The summed E-state index contributed by atoms with van der Waals surface area (Å²) in [4.78, 5) is 12.6. The number of hydrogen-bond donors (Lipinski definition) is 2. The van der Waals surface area contributed by atoms with Crippen LogP contribution in [0.25, 0.3) is 0 Å². The highest BCUT2D eigenvalue weighted by Crippen LogP contribution is 2.22. The van der Waals surface area contributed by atoms with Crippen molar-refractivity contribution in [1.29, 1.82) is 0 Å². The molecule has 0 radical (unpaired) electrons. The van der Waals surface area contributed by atoms with Crippen molar-refractivity contribution in [3.63, 3.8) is 0 Å². The highest BCUT2D eigenvalue weighted by Gasteiger charge is 2.20. The molecule has 0 bridgehead atoms. The lowest BCUT2D eigenvalue weighted by Gasteiger charge is -2.17. The number of rotatable bonds is 6. The fourth-order valence-electron chi connectivity index (χ4n) is 2.70. The molecule has 150 valence electrons. The minimum absolute atomic E-state index is 0.0839. The molecule has 8 heteroatoms. The van der Waals surface area contributed by atoms with E-state index in [4.69, 9.17) is 0 Å². The first-order valence-electron chi connectivity index (χ1n) is 8.70. The number of carbonyl (C=O) groups is 1. The maximum Gasteiger partial charge on any atom is 0.261 e. The first-order valence-corrected chi connectivity index (χ1v) is 10.2. The minimum atomic E-state index is -4.01. The number of halogens is 2. The number of hydrogen-bond acceptors (Lipinski definition) is 3. The predicted octanol–water partition coefficient (Wildman–Crippen LogP) is 4.26. The molecule has 0 spiro atoms. The molecule has 0 saturated heterocycles. The van der Waals surface area contributed by atoms with E-state index in [9.17, 15) is 22.0 Å². The normalized spacial score (nSPS) is 12.2. The van der Waals surface area contributed by atoms with Crippen molar-refractivity contribution in [3.05, 3.63) is 95.6 Å². The van der Waals surface area contributed by atoms with Gasteiger partial charge in [-0.2, -0.15) is 0 Å². The van der Waals surface area contributed by atoms with Crippen LogP contribution in [0.15, 0.2) is 77.7 Å². The highest BCUT2D eigenvalue weighted by atomic mass is 32.2. The van der Waals surface area contributed by atoms with Gasteiger partial charge < -0.3 is 5.32 Å². The number of anilines is 1. The third kappa shape index (κ3) is 4.97. The summed E-state index contributed by atoms with van der Waals surface area (Å²) in [6, 6.07) is 15.8. The van der Waals surface area contributed by atoms with Crippen LogP contribution < -0.4 is 10.0 Å². The van der Waals surface area contributed by atoms with Gasteiger partial charge in [-0.05, 0) is 61.0 Å². The summed E-state index contributed by atoms with van der Waals surface area (Å²) in [7, 11) is -4.01. The van der Waals surface area contributed by atoms with Gasteiger partial charge in [0.15, 0.2) is 0 Å². The molecule has 0 heterocycles. The van der Waals surface area contributed by atoms with Crippen molar-refractivity contribution in [2.24, 2.45) is 0 Å². The molecule has 1 amide bonds. The van der Waals surface area contributed by atoms with E-state index in [1.54, 1.807) is 31.2 Å². The highest BCUT2D eigenvalue weighted by molar-refractivity contribution is 7.92. The SMILES string of the molecule is CC(NC(=O)c1ccccc1NS(=O)(=O)c1ccc(F)cc1)c1ccc(F)cc1. The second-order valence-corrected chi connectivity index (χ2v) is 8.03. The lowest BCUT2D eigenvalue weighted by atomic mass is 10.1. The Morgan fingerprint density at radius 3 is 2.03 bits per heavy atom. The topological polar surface area (TPSA) is 75.3 Å². The number of amides is 1. The van der Waals surface area contributed by atoms with Gasteiger partial charge in [-0.25, -0.2) is 17.2 Å². The summed E-state index contributed by atoms with van der Waals surface area (Å²) in [5.41, 5.74) is 0.900. The van der Waals surface area contributed by atoms with Gasteiger partial charge in [0.1, 0.15) is 11.6 Å². The average molecular weight is 416 g/mol. The molecule has 3 aromatic rings. The molecule has 3 rings (SSSR count). The van der Waals surface area contributed by atoms with Crippen LogP contribution >= 0.6 is 0 Å². The zero-order valence-electron chi connectivity index (χ0n) is 15.4. The van der Waals surface area contributed by atoms with Gasteiger partial charge in [0.2, 0.25) is 0 Å². The quantitative estimate of drug-likeness (QED) is 0.631. The third-order valence-electron chi connectivity index (χ3n) is 4.26. The summed E-state index contributed by atoms with van der Waals surface area (Å²) >= 11 is 0. The zero-order valence-corrected chi connectivity index (χ0v) is 16.2.